The summed E-state index contributed by atoms with van der Waals surface area (Å²) in [6.45, 7) is 0. The second kappa shape index (κ2) is 5.45. The smallest absolute Gasteiger partial charge is 0.270 e. The van der Waals surface area contributed by atoms with Gasteiger partial charge in [0.25, 0.3) is 5.69 Å². The van der Waals surface area contributed by atoms with Crippen molar-refractivity contribution in [1.82, 2.24) is 0 Å². The summed E-state index contributed by atoms with van der Waals surface area (Å²) < 4.78 is 0. The number of non-ortho nitro benzene ring substituents is 1. The molecule has 4 rings (SSSR count). The molecule has 1 aliphatic carbocycles. The van der Waals surface area contributed by atoms with E-state index in [0.717, 1.165) is 23.9 Å². The Balaban J connectivity index is 1.80. The fourth-order valence-corrected chi connectivity index (χ4v) is 3.23. The van der Waals surface area contributed by atoms with Crippen LogP contribution < -0.4 is 5.11 Å². The highest BCUT2D eigenvalue weighted by atomic mass is 16.6. The van der Waals surface area contributed by atoms with Crippen LogP contribution in [0.15, 0.2) is 53.5 Å². The summed E-state index contributed by atoms with van der Waals surface area (Å²) >= 11 is 0. The summed E-state index contributed by atoms with van der Waals surface area (Å²) in [7, 11) is 0. The van der Waals surface area contributed by atoms with Gasteiger partial charge in [0.2, 0.25) is 0 Å². The largest absolute Gasteiger partial charge is 0.872 e. The standard InChI is InChI=1S/C19H14N2O3/c22-18-9-7-15(21(23)24)10-14(18)11-20-17-8-6-13-5-4-12-2-1-3-16(17)19(12)13/h1-3,6-11,22H,4-5H2/p-1. The average Bonchev–Trinajstić information content (AvgIpc) is 3.00. The van der Waals surface area contributed by atoms with E-state index in [1.165, 1.54) is 40.9 Å². The van der Waals surface area contributed by atoms with Gasteiger partial charge in [-0.25, -0.2) is 0 Å². The van der Waals surface area contributed by atoms with Gasteiger partial charge in [-0.1, -0.05) is 36.1 Å². The monoisotopic (exact) mass is 317 g/mol. The number of nitro benzene ring substituents is 1. The highest BCUT2D eigenvalue weighted by Gasteiger charge is 2.15. The summed E-state index contributed by atoms with van der Waals surface area (Å²) in [6.07, 6.45) is 3.49. The number of aryl methyl sites for hydroxylation is 2. The Hall–Kier alpha value is -3.21. The lowest BCUT2D eigenvalue weighted by molar-refractivity contribution is -0.385. The van der Waals surface area contributed by atoms with E-state index in [2.05, 4.69) is 17.1 Å². The molecule has 0 amide bonds. The minimum atomic E-state index is -0.518. The molecule has 0 radical (unpaired) electrons. The predicted molar refractivity (Wildman–Crippen MR) is 91.2 cm³/mol. The molecule has 3 aromatic rings. The first-order valence-electron chi connectivity index (χ1n) is 7.66. The van der Waals surface area contributed by atoms with Crippen molar-refractivity contribution in [3.05, 3.63) is 75.3 Å². The lowest BCUT2D eigenvalue weighted by Crippen LogP contribution is -1.98. The molecule has 0 N–H and O–H groups in total. The van der Waals surface area contributed by atoms with Crippen LogP contribution in [-0.4, -0.2) is 11.1 Å². The van der Waals surface area contributed by atoms with E-state index < -0.39 is 4.92 Å². The molecule has 3 aromatic carbocycles. The van der Waals surface area contributed by atoms with Gasteiger partial charge in [0, 0.05) is 23.7 Å². The van der Waals surface area contributed by atoms with Crippen molar-refractivity contribution in [2.24, 2.45) is 4.99 Å². The highest BCUT2D eigenvalue weighted by Crippen LogP contribution is 2.36. The summed E-state index contributed by atoms with van der Waals surface area (Å²) in [6, 6.07) is 13.8. The molecule has 0 heterocycles. The molecule has 1 aliphatic rings. The topological polar surface area (TPSA) is 78.6 Å². The Morgan fingerprint density at radius 3 is 2.62 bits per heavy atom. The van der Waals surface area contributed by atoms with Crippen LogP contribution in [0.2, 0.25) is 0 Å². The molecule has 0 saturated carbocycles. The Labute approximate surface area is 138 Å². The number of hydrogen-bond donors (Lipinski definition) is 0. The minimum Gasteiger partial charge on any atom is -0.872 e. The second-order valence-corrected chi connectivity index (χ2v) is 5.82. The zero-order chi connectivity index (χ0) is 16.7. The molecule has 24 heavy (non-hydrogen) atoms. The molecule has 0 bridgehead atoms. The van der Waals surface area contributed by atoms with Gasteiger partial charge in [-0.05, 0) is 41.0 Å². The second-order valence-electron chi connectivity index (χ2n) is 5.82. The van der Waals surface area contributed by atoms with Gasteiger partial charge in [-0.3, -0.25) is 15.1 Å². The van der Waals surface area contributed by atoms with Crippen LogP contribution in [0.5, 0.6) is 5.75 Å². The van der Waals surface area contributed by atoms with E-state index in [9.17, 15) is 15.2 Å². The molecule has 5 heteroatoms. The first kappa shape index (κ1) is 14.4. The molecule has 0 spiro atoms. The van der Waals surface area contributed by atoms with Gasteiger partial charge in [0.05, 0.1) is 10.6 Å². The van der Waals surface area contributed by atoms with Crippen molar-refractivity contribution in [1.29, 1.82) is 0 Å². The van der Waals surface area contributed by atoms with Crippen molar-refractivity contribution in [2.45, 2.75) is 12.8 Å². The lowest BCUT2D eigenvalue weighted by atomic mass is 10.0. The van der Waals surface area contributed by atoms with Crippen molar-refractivity contribution in [2.75, 3.05) is 0 Å². The van der Waals surface area contributed by atoms with Crippen LogP contribution in [0.25, 0.3) is 10.8 Å². The first-order valence-corrected chi connectivity index (χ1v) is 7.66. The van der Waals surface area contributed by atoms with Crippen molar-refractivity contribution >= 4 is 28.4 Å². The fraction of sp³-hybridized carbons (Fsp3) is 0.105. The Morgan fingerprint density at radius 1 is 1.04 bits per heavy atom. The van der Waals surface area contributed by atoms with E-state index >= 15 is 0 Å². The number of hydrogen-bond acceptors (Lipinski definition) is 4. The molecule has 0 fully saturated rings. The van der Waals surface area contributed by atoms with Crippen molar-refractivity contribution < 1.29 is 10.0 Å². The number of rotatable bonds is 3. The summed E-state index contributed by atoms with van der Waals surface area (Å²) in [5, 5.41) is 25.0. The van der Waals surface area contributed by atoms with E-state index in [1.54, 1.807) is 0 Å². The Kier molecular flexibility index (Phi) is 3.27. The number of nitro groups is 1. The Morgan fingerprint density at radius 2 is 1.83 bits per heavy atom. The summed E-state index contributed by atoms with van der Waals surface area (Å²) in [5.74, 6) is -0.282. The number of nitrogens with zero attached hydrogens (tertiary/aromatic N) is 2. The molecule has 0 saturated heterocycles. The number of aliphatic imine (C=N–C) groups is 1. The summed E-state index contributed by atoms with van der Waals surface area (Å²) in [5.41, 5.74) is 3.51. The first-order chi connectivity index (χ1) is 11.6. The molecule has 5 nitrogen and oxygen atoms in total. The fourth-order valence-electron chi connectivity index (χ4n) is 3.23. The van der Waals surface area contributed by atoms with Gasteiger partial charge < -0.3 is 5.11 Å². The molecule has 0 atom stereocenters. The lowest BCUT2D eigenvalue weighted by Gasteiger charge is -2.09. The van der Waals surface area contributed by atoms with Crippen LogP contribution >= 0.6 is 0 Å². The third-order valence-corrected chi connectivity index (χ3v) is 4.40. The van der Waals surface area contributed by atoms with Crippen LogP contribution in [0.3, 0.4) is 0 Å². The van der Waals surface area contributed by atoms with E-state index in [4.69, 9.17) is 0 Å². The van der Waals surface area contributed by atoms with E-state index in [1.807, 2.05) is 18.2 Å². The van der Waals surface area contributed by atoms with Gasteiger partial charge in [0.15, 0.2) is 0 Å². The quantitative estimate of drug-likeness (QED) is 0.420. The molecule has 0 aliphatic heterocycles. The maximum absolute atomic E-state index is 11.9. The van der Waals surface area contributed by atoms with E-state index in [-0.39, 0.29) is 17.0 Å². The SMILES string of the molecule is O=[N+]([O-])c1ccc([O-])c(C=Nc2ccc3c4c(cccc24)CC3)c1. The molecule has 0 aromatic heterocycles. The van der Waals surface area contributed by atoms with Crippen molar-refractivity contribution in [3.63, 3.8) is 0 Å². The average molecular weight is 317 g/mol. The number of benzene rings is 3. The minimum absolute atomic E-state index is 0.114. The van der Waals surface area contributed by atoms with Crippen LogP contribution in [-0.2, 0) is 12.8 Å². The summed E-state index contributed by atoms with van der Waals surface area (Å²) in [4.78, 5) is 14.8. The Bertz CT molecular complexity index is 999. The van der Waals surface area contributed by atoms with Crippen LogP contribution in [0.1, 0.15) is 16.7 Å². The molecular weight excluding hydrogens is 304 g/mol. The van der Waals surface area contributed by atoms with Crippen LogP contribution in [0, 0.1) is 10.1 Å². The van der Waals surface area contributed by atoms with Gasteiger partial charge in [-0.15, -0.1) is 0 Å². The zero-order valence-electron chi connectivity index (χ0n) is 12.7. The normalized spacial score (nSPS) is 13.0. The van der Waals surface area contributed by atoms with Gasteiger partial charge >= 0.3 is 0 Å². The molecule has 0 unspecified atom stereocenters. The maximum atomic E-state index is 11.9. The van der Waals surface area contributed by atoms with Gasteiger partial charge in [0.1, 0.15) is 0 Å². The predicted octanol–water partition coefficient (Wildman–Crippen LogP) is 3.67. The van der Waals surface area contributed by atoms with E-state index in [0.29, 0.717) is 0 Å². The molecular formula is C19H13N2O3-. The van der Waals surface area contributed by atoms with Crippen molar-refractivity contribution in [3.8, 4) is 5.75 Å². The van der Waals surface area contributed by atoms with Crippen LogP contribution in [0.4, 0.5) is 11.4 Å². The maximum Gasteiger partial charge on any atom is 0.270 e. The van der Waals surface area contributed by atoms with Gasteiger partial charge in [-0.2, -0.15) is 0 Å². The third-order valence-electron chi connectivity index (χ3n) is 4.40. The third kappa shape index (κ3) is 2.31. The molecule has 118 valence electrons. The highest BCUT2D eigenvalue weighted by molar-refractivity contribution is 6.00. The zero-order valence-corrected chi connectivity index (χ0v) is 12.7.